The van der Waals surface area contributed by atoms with Gasteiger partial charge in [-0.2, -0.15) is 4.98 Å². The normalized spacial score (nSPS) is 22.3. The lowest BCUT2D eigenvalue weighted by Gasteiger charge is -2.36. The largest absolute Gasteiger partial charge is 0.424 e. The molecule has 200 valence electrons. The maximum atomic E-state index is 14.2. The van der Waals surface area contributed by atoms with Crippen molar-refractivity contribution >= 4 is 40.5 Å². The highest BCUT2D eigenvalue weighted by Crippen LogP contribution is 2.24. The molecule has 9 nitrogen and oxygen atoms in total. The third kappa shape index (κ3) is 5.39. The highest BCUT2D eigenvalue weighted by molar-refractivity contribution is 6.17. The predicted octanol–water partition coefficient (Wildman–Crippen LogP) is 4.25. The van der Waals surface area contributed by atoms with Gasteiger partial charge in [-0.15, -0.1) is 0 Å². The summed E-state index contributed by atoms with van der Waals surface area (Å²) in [5.41, 5.74) is 2.97. The van der Waals surface area contributed by atoms with Gasteiger partial charge in [-0.3, -0.25) is 9.59 Å². The van der Waals surface area contributed by atoms with E-state index in [-0.39, 0.29) is 30.1 Å². The highest BCUT2D eigenvalue weighted by Gasteiger charge is 2.33. The van der Waals surface area contributed by atoms with Gasteiger partial charge in [0.25, 0.3) is 6.01 Å². The number of carbonyl (C=O) groups excluding carboxylic acids is 2. The number of anilines is 1. The number of likely N-dealkylation sites (tertiary alicyclic amines) is 1. The average molecular weight is 521 g/mol. The van der Waals surface area contributed by atoms with E-state index < -0.39 is 24.2 Å². The number of nitrogens with one attached hydrogen (secondary N) is 2. The fraction of sp³-hybridized carbons (Fsp3) is 0.464. The molecule has 2 aliphatic heterocycles. The quantitative estimate of drug-likeness (QED) is 0.541. The Bertz CT molecular complexity index is 1360. The Morgan fingerprint density at radius 3 is 2.89 bits per heavy atom. The Hall–Kier alpha value is -3.82. The SMILES string of the molecule is CC[C@H]1CCCCN1C(=O)C[C@H](Nc1nc2ccc(C)cc2o1)C(=O)N[C@@H](C)C1=NC2=CC=CC(F)C2=N1. The van der Waals surface area contributed by atoms with Crippen LogP contribution in [0.4, 0.5) is 10.4 Å². The Balaban J connectivity index is 1.35. The Morgan fingerprint density at radius 1 is 1.26 bits per heavy atom. The van der Waals surface area contributed by atoms with Crippen LogP contribution in [0.3, 0.4) is 0 Å². The van der Waals surface area contributed by atoms with Crippen molar-refractivity contribution < 1.29 is 18.4 Å². The van der Waals surface area contributed by atoms with E-state index in [4.69, 9.17) is 4.42 Å². The van der Waals surface area contributed by atoms with Crippen molar-refractivity contribution in [2.24, 2.45) is 9.98 Å². The lowest BCUT2D eigenvalue weighted by molar-refractivity contribution is -0.137. The number of rotatable bonds is 8. The van der Waals surface area contributed by atoms with E-state index in [9.17, 15) is 14.0 Å². The summed E-state index contributed by atoms with van der Waals surface area (Å²) in [4.78, 5) is 42.0. The van der Waals surface area contributed by atoms with Gasteiger partial charge < -0.3 is 20.0 Å². The number of hydrogen-bond acceptors (Lipinski definition) is 7. The molecule has 1 saturated heterocycles. The number of aliphatic imine (C=N–C) groups is 2. The Morgan fingerprint density at radius 2 is 2.11 bits per heavy atom. The van der Waals surface area contributed by atoms with Crippen LogP contribution in [0.2, 0.25) is 0 Å². The summed E-state index contributed by atoms with van der Waals surface area (Å²) >= 11 is 0. The Labute approximate surface area is 221 Å². The first-order valence-corrected chi connectivity index (χ1v) is 13.3. The van der Waals surface area contributed by atoms with E-state index in [2.05, 4.69) is 32.5 Å². The second-order valence-electron chi connectivity index (χ2n) is 10.1. The fourth-order valence-corrected chi connectivity index (χ4v) is 5.12. The number of alkyl halides is 1. The molecule has 2 amide bonds. The van der Waals surface area contributed by atoms with Gasteiger partial charge >= 0.3 is 0 Å². The van der Waals surface area contributed by atoms with Gasteiger partial charge in [0.05, 0.1) is 18.2 Å². The molecule has 1 aliphatic carbocycles. The predicted molar refractivity (Wildman–Crippen MR) is 145 cm³/mol. The minimum Gasteiger partial charge on any atom is -0.424 e. The molecular formula is C28H33FN6O3. The minimum absolute atomic E-state index is 0.0601. The van der Waals surface area contributed by atoms with Crippen LogP contribution in [0.5, 0.6) is 0 Å². The third-order valence-corrected chi connectivity index (χ3v) is 7.23. The first-order chi connectivity index (χ1) is 18.3. The van der Waals surface area contributed by atoms with Gasteiger partial charge in [0, 0.05) is 12.6 Å². The van der Waals surface area contributed by atoms with Crippen LogP contribution in [0.15, 0.2) is 56.5 Å². The van der Waals surface area contributed by atoms with Crippen LogP contribution in [0.25, 0.3) is 11.1 Å². The van der Waals surface area contributed by atoms with E-state index in [1.807, 2.05) is 30.0 Å². The van der Waals surface area contributed by atoms with E-state index in [0.717, 1.165) is 31.2 Å². The summed E-state index contributed by atoms with van der Waals surface area (Å²) in [6.45, 7) is 6.45. The van der Waals surface area contributed by atoms with Crippen LogP contribution >= 0.6 is 0 Å². The zero-order chi connectivity index (χ0) is 26.8. The summed E-state index contributed by atoms with van der Waals surface area (Å²) < 4.78 is 20.1. The maximum absolute atomic E-state index is 14.2. The number of amidine groups is 1. The van der Waals surface area contributed by atoms with Crippen LogP contribution in [0.1, 0.15) is 51.5 Å². The van der Waals surface area contributed by atoms with E-state index in [0.29, 0.717) is 29.2 Å². The number of nitrogens with zero attached hydrogens (tertiary/aromatic N) is 4. The highest BCUT2D eigenvalue weighted by atomic mass is 19.1. The van der Waals surface area contributed by atoms with Crippen molar-refractivity contribution in [3.8, 4) is 0 Å². The van der Waals surface area contributed by atoms with E-state index >= 15 is 0 Å². The van der Waals surface area contributed by atoms with Gasteiger partial charge in [-0.1, -0.05) is 19.1 Å². The average Bonchev–Trinajstić information content (AvgIpc) is 3.52. The van der Waals surface area contributed by atoms with Crippen molar-refractivity contribution in [3.63, 3.8) is 0 Å². The molecular weight excluding hydrogens is 487 g/mol. The monoisotopic (exact) mass is 520 g/mol. The van der Waals surface area contributed by atoms with Crippen LogP contribution in [-0.4, -0.2) is 64.1 Å². The van der Waals surface area contributed by atoms with Gasteiger partial charge in [0.1, 0.15) is 17.3 Å². The van der Waals surface area contributed by atoms with Crippen molar-refractivity contribution in [2.75, 3.05) is 11.9 Å². The van der Waals surface area contributed by atoms with E-state index in [1.165, 1.54) is 6.08 Å². The molecule has 3 aliphatic rings. The molecule has 1 unspecified atom stereocenters. The van der Waals surface area contributed by atoms with Crippen LogP contribution in [0, 0.1) is 6.92 Å². The first kappa shape index (κ1) is 25.8. The molecule has 1 fully saturated rings. The standard InChI is InChI=1S/C28H33FN6O3/c1-4-18-8-5-6-13-35(18)24(36)15-22(33-28-32-20-12-11-16(2)14-23(20)38-28)27(37)30-17(3)26-31-21-10-7-9-19(29)25(21)34-26/h7,9-12,14,17-19,22H,4-6,8,13,15H2,1-3H3,(H,30,37)(H,32,33)/t17-,18-,19?,22-/m0/s1. The molecule has 1 aromatic carbocycles. The zero-order valence-electron chi connectivity index (χ0n) is 21.9. The number of carbonyl (C=O) groups is 2. The second-order valence-corrected chi connectivity index (χ2v) is 10.1. The second kappa shape index (κ2) is 10.9. The number of hydrogen-bond donors (Lipinski definition) is 2. The Kier molecular flexibility index (Phi) is 7.40. The molecule has 5 rings (SSSR count). The van der Waals surface area contributed by atoms with Gasteiger partial charge in [0.15, 0.2) is 17.6 Å². The van der Waals surface area contributed by atoms with Crippen molar-refractivity contribution in [1.82, 2.24) is 15.2 Å². The number of oxazole rings is 1. The van der Waals surface area contributed by atoms with Gasteiger partial charge in [-0.25, -0.2) is 14.4 Å². The van der Waals surface area contributed by atoms with Crippen LogP contribution < -0.4 is 10.6 Å². The molecule has 1 aromatic heterocycles. The molecule has 2 aromatic rings. The molecule has 3 heterocycles. The topological polar surface area (TPSA) is 112 Å². The maximum Gasteiger partial charge on any atom is 0.296 e. The number of aryl methyl sites for hydroxylation is 1. The fourth-order valence-electron chi connectivity index (χ4n) is 5.12. The molecule has 4 atom stereocenters. The number of halogens is 1. The van der Waals surface area contributed by atoms with Gasteiger partial charge in [-0.05, 0) is 69.4 Å². The zero-order valence-corrected chi connectivity index (χ0v) is 21.9. The molecule has 0 saturated carbocycles. The summed E-state index contributed by atoms with van der Waals surface area (Å²) in [6, 6.07) is 4.45. The number of piperidine rings is 1. The molecule has 0 spiro atoms. The van der Waals surface area contributed by atoms with Crippen LogP contribution in [-0.2, 0) is 9.59 Å². The molecule has 38 heavy (non-hydrogen) atoms. The number of allylic oxidation sites excluding steroid dienone is 4. The number of fused-ring (bicyclic) bond motifs is 2. The number of amides is 2. The van der Waals surface area contributed by atoms with Gasteiger partial charge in [0.2, 0.25) is 11.8 Å². The summed E-state index contributed by atoms with van der Waals surface area (Å²) in [7, 11) is 0. The molecule has 2 N–H and O–H groups in total. The molecule has 0 radical (unpaired) electrons. The minimum atomic E-state index is -1.33. The lowest BCUT2D eigenvalue weighted by atomic mass is 9.99. The summed E-state index contributed by atoms with van der Waals surface area (Å²) in [6.07, 6.45) is 7.20. The smallest absolute Gasteiger partial charge is 0.296 e. The lowest BCUT2D eigenvalue weighted by Crippen LogP contribution is -2.50. The summed E-state index contributed by atoms with van der Waals surface area (Å²) in [5.74, 6) is -0.198. The molecule has 0 bridgehead atoms. The first-order valence-electron chi connectivity index (χ1n) is 13.3. The van der Waals surface area contributed by atoms with Crippen molar-refractivity contribution in [3.05, 3.63) is 47.7 Å². The number of aromatic nitrogens is 1. The molecule has 10 heteroatoms. The van der Waals surface area contributed by atoms with Crippen molar-refractivity contribution in [2.45, 2.75) is 77.2 Å². The van der Waals surface area contributed by atoms with Crippen molar-refractivity contribution in [1.29, 1.82) is 0 Å². The van der Waals surface area contributed by atoms with E-state index in [1.54, 1.807) is 19.1 Å². The third-order valence-electron chi connectivity index (χ3n) is 7.23. The number of benzene rings is 1. The summed E-state index contributed by atoms with van der Waals surface area (Å²) in [5, 5.41) is 5.94.